The van der Waals surface area contributed by atoms with Crippen LogP contribution in [-0.4, -0.2) is 5.91 Å². The summed E-state index contributed by atoms with van der Waals surface area (Å²) in [7, 11) is 0. The van der Waals surface area contributed by atoms with Crippen LogP contribution in [0.1, 0.15) is 10.4 Å². The smallest absolute Gasteiger partial charge is 0.256 e. The van der Waals surface area contributed by atoms with Gasteiger partial charge in [-0.15, -0.1) is 0 Å². The summed E-state index contributed by atoms with van der Waals surface area (Å²) < 4.78 is 14.1. The Balaban J connectivity index is 2.35. The van der Waals surface area contributed by atoms with E-state index in [9.17, 15) is 9.18 Å². The van der Waals surface area contributed by atoms with Gasteiger partial charge < -0.3 is 5.32 Å². The molecule has 0 spiro atoms. The number of amides is 1. The van der Waals surface area contributed by atoms with Crippen LogP contribution < -0.4 is 5.32 Å². The number of rotatable bonds is 2. The molecule has 0 aromatic heterocycles. The number of halogens is 5. The third kappa shape index (κ3) is 3.52. The number of hydrogen-bond acceptors (Lipinski definition) is 1. The minimum absolute atomic E-state index is 0.100. The van der Waals surface area contributed by atoms with E-state index in [-0.39, 0.29) is 5.02 Å². The van der Waals surface area contributed by atoms with Crippen LogP contribution in [0.4, 0.5) is 10.1 Å². The maximum absolute atomic E-state index is 13.1. The molecular formula is C13H6Br2Cl2FNO. The summed E-state index contributed by atoms with van der Waals surface area (Å²) in [6, 6.07) is 7.18. The van der Waals surface area contributed by atoms with Crippen LogP contribution in [0.15, 0.2) is 39.3 Å². The average Bonchev–Trinajstić information content (AvgIpc) is 2.36. The van der Waals surface area contributed by atoms with Crippen LogP contribution in [0.5, 0.6) is 0 Å². The average molecular weight is 442 g/mol. The predicted octanol–water partition coefficient (Wildman–Crippen LogP) is 5.91. The van der Waals surface area contributed by atoms with Crippen LogP contribution >= 0.6 is 55.1 Å². The Bertz CT molecular complexity index is 671. The number of hydrogen-bond donors (Lipinski definition) is 1. The molecule has 0 unspecified atom stereocenters. The Morgan fingerprint density at radius 2 is 1.80 bits per heavy atom. The number of carbonyl (C=O) groups is 1. The minimum Gasteiger partial charge on any atom is -0.320 e. The predicted molar refractivity (Wildman–Crippen MR) is 86.2 cm³/mol. The molecule has 2 aromatic rings. The summed E-state index contributed by atoms with van der Waals surface area (Å²) in [6.45, 7) is 0. The molecule has 2 rings (SSSR count). The van der Waals surface area contributed by atoms with Gasteiger partial charge in [-0.1, -0.05) is 23.2 Å². The van der Waals surface area contributed by atoms with Gasteiger partial charge in [0.2, 0.25) is 0 Å². The van der Waals surface area contributed by atoms with E-state index in [4.69, 9.17) is 23.2 Å². The van der Waals surface area contributed by atoms with Crippen molar-refractivity contribution in [2.75, 3.05) is 5.32 Å². The van der Waals surface area contributed by atoms with Gasteiger partial charge >= 0.3 is 0 Å². The SMILES string of the molecule is O=C(Nc1c(Cl)cc(F)cc1Br)c1cc(Cl)ccc1Br. The van der Waals surface area contributed by atoms with Gasteiger partial charge in [0, 0.05) is 14.0 Å². The normalized spacial score (nSPS) is 10.4. The van der Waals surface area contributed by atoms with Crippen molar-refractivity contribution in [3.8, 4) is 0 Å². The number of anilines is 1. The molecule has 2 aromatic carbocycles. The first-order chi connectivity index (χ1) is 9.38. The van der Waals surface area contributed by atoms with Gasteiger partial charge in [-0.05, 0) is 62.2 Å². The first kappa shape index (κ1) is 15.8. The van der Waals surface area contributed by atoms with E-state index in [0.29, 0.717) is 25.2 Å². The van der Waals surface area contributed by atoms with Crippen molar-refractivity contribution in [1.29, 1.82) is 0 Å². The van der Waals surface area contributed by atoms with Crippen LogP contribution in [0.25, 0.3) is 0 Å². The van der Waals surface area contributed by atoms with E-state index < -0.39 is 11.7 Å². The molecule has 0 fully saturated rings. The molecule has 1 N–H and O–H groups in total. The van der Waals surface area contributed by atoms with Gasteiger partial charge in [0.1, 0.15) is 5.82 Å². The van der Waals surface area contributed by atoms with E-state index in [1.54, 1.807) is 12.1 Å². The number of benzene rings is 2. The number of nitrogens with one attached hydrogen (secondary N) is 1. The summed E-state index contributed by atoms with van der Waals surface area (Å²) in [5, 5.41) is 3.15. The van der Waals surface area contributed by atoms with Gasteiger partial charge in [0.25, 0.3) is 5.91 Å². The fourth-order valence-electron chi connectivity index (χ4n) is 1.51. The Hall–Kier alpha value is -0.620. The zero-order chi connectivity index (χ0) is 14.9. The van der Waals surface area contributed by atoms with Gasteiger partial charge in [0.15, 0.2) is 0 Å². The number of carbonyl (C=O) groups excluding carboxylic acids is 1. The highest BCUT2D eigenvalue weighted by atomic mass is 79.9. The highest BCUT2D eigenvalue weighted by Crippen LogP contribution is 2.32. The minimum atomic E-state index is -0.496. The highest BCUT2D eigenvalue weighted by Gasteiger charge is 2.15. The third-order valence-corrected chi connectivity index (χ3v) is 4.27. The molecule has 0 heterocycles. The molecule has 0 radical (unpaired) electrons. The standard InChI is InChI=1S/C13H6Br2Cl2FNO/c14-9-2-1-6(16)3-8(9)13(20)19-12-10(15)4-7(18)5-11(12)17/h1-5H,(H,19,20). The fourth-order valence-corrected chi connectivity index (χ4v) is 3.01. The van der Waals surface area contributed by atoms with E-state index in [0.717, 1.165) is 6.07 Å². The Kier molecular flexibility index (Phi) is 5.07. The lowest BCUT2D eigenvalue weighted by atomic mass is 10.2. The maximum atomic E-state index is 13.1. The van der Waals surface area contributed by atoms with Crippen LogP contribution in [0.3, 0.4) is 0 Å². The summed E-state index contributed by atoms with van der Waals surface area (Å²) in [4.78, 5) is 12.2. The molecule has 0 saturated heterocycles. The summed E-state index contributed by atoms with van der Waals surface area (Å²) in [5.74, 6) is -0.905. The molecule has 0 atom stereocenters. The molecular weight excluding hydrogens is 436 g/mol. The van der Waals surface area contributed by atoms with Crippen molar-refractivity contribution >= 4 is 66.7 Å². The molecule has 0 bridgehead atoms. The fraction of sp³-hybridized carbons (Fsp3) is 0. The Morgan fingerprint density at radius 3 is 2.45 bits per heavy atom. The van der Waals surface area contributed by atoms with Crippen molar-refractivity contribution in [3.63, 3.8) is 0 Å². The van der Waals surface area contributed by atoms with Crippen molar-refractivity contribution in [2.24, 2.45) is 0 Å². The molecule has 2 nitrogen and oxygen atoms in total. The van der Waals surface area contributed by atoms with Gasteiger partial charge in [0.05, 0.1) is 16.3 Å². The molecule has 7 heteroatoms. The second-order valence-corrected chi connectivity index (χ2v) is 6.38. The molecule has 20 heavy (non-hydrogen) atoms. The van der Waals surface area contributed by atoms with E-state index in [1.165, 1.54) is 12.1 Å². The largest absolute Gasteiger partial charge is 0.320 e. The summed E-state index contributed by atoms with van der Waals surface area (Å²) in [6.07, 6.45) is 0. The second kappa shape index (κ2) is 6.43. The molecule has 0 saturated carbocycles. The van der Waals surface area contributed by atoms with Crippen LogP contribution in [0, 0.1) is 5.82 Å². The molecule has 0 aliphatic rings. The lowest BCUT2D eigenvalue weighted by Gasteiger charge is -2.11. The van der Waals surface area contributed by atoms with Crippen LogP contribution in [0.2, 0.25) is 10.0 Å². The van der Waals surface area contributed by atoms with Gasteiger partial charge in [-0.2, -0.15) is 0 Å². The van der Waals surface area contributed by atoms with Crippen molar-refractivity contribution in [3.05, 3.63) is 60.7 Å². The summed E-state index contributed by atoms with van der Waals surface area (Å²) >= 11 is 18.2. The van der Waals surface area contributed by atoms with Crippen LogP contribution in [-0.2, 0) is 0 Å². The quantitative estimate of drug-likeness (QED) is 0.616. The lowest BCUT2D eigenvalue weighted by Crippen LogP contribution is -2.13. The van der Waals surface area contributed by atoms with Crippen molar-refractivity contribution in [2.45, 2.75) is 0 Å². The maximum Gasteiger partial charge on any atom is 0.256 e. The molecule has 0 aliphatic heterocycles. The van der Waals surface area contributed by atoms with Gasteiger partial charge in [-0.3, -0.25) is 4.79 Å². The topological polar surface area (TPSA) is 29.1 Å². The molecule has 104 valence electrons. The molecule has 0 aliphatic carbocycles. The van der Waals surface area contributed by atoms with Gasteiger partial charge in [-0.25, -0.2) is 4.39 Å². The molecule has 1 amide bonds. The lowest BCUT2D eigenvalue weighted by molar-refractivity contribution is 0.102. The van der Waals surface area contributed by atoms with E-state index >= 15 is 0 Å². The first-order valence-electron chi connectivity index (χ1n) is 5.29. The Labute approximate surface area is 141 Å². The second-order valence-electron chi connectivity index (χ2n) is 3.82. The monoisotopic (exact) mass is 439 g/mol. The van der Waals surface area contributed by atoms with Crippen molar-refractivity contribution in [1.82, 2.24) is 0 Å². The first-order valence-corrected chi connectivity index (χ1v) is 7.63. The van der Waals surface area contributed by atoms with Crippen molar-refractivity contribution < 1.29 is 9.18 Å². The Morgan fingerprint density at radius 1 is 1.10 bits per heavy atom. The zero-order valence-corrected chi connectivity index (χ0v) is 14.4. The zero-order valence-electron chi connectivity index (χ0n) is 9.68. The third-order valence-electron chi connectivity index (χ3n) is 2.42. The van der Waals surface area contributed by atoms with E-state index in [1.807, 2.05) is 0 Å². The highest BCUT2D eigenvalue weighted by molar-refractivity contribution is 9.11. The summed E-state index contributed by atoms with van der Waals surface area (Å²) in [5.41, 5.74) is 0.648. The van der Waals surface area contributed by atoms with E-state index in [2.05, 4.69) is 37.2 Å².